The van der Waals surface area contributed by atoms with Gasteiger partial charge in [-0.2, -0.15) is 5.10 Å². The third kappa shape index (κ3) is 5.77. The van der Waals surface area contributed by atoms with E-state index in [1.807, 2.05) is 0 Å². The molecule has 5 rings (SSSR count). The molecule has 2 heterocycles. The summed E-state index contributed by atoms with van der Waals surface area (Å²) in [4.78, 5) is 28.0. The maximum Gasteiger partial charge on any atom is 0.324 e. The first kappa shape index (κ1) is 24.9. The lowest BCUT2D eigenvalue weighted by Gasteiger charge is -2.11. The number of carbonyl (C=O) groups is 2. The van der Waals surface area contributed by atoms with Gasteiger partial charge in [0, 0.05) is 36.0 Å². The van der Waals surface area contributed by atoms with E-state index in [4.69, 9.17) is 10.5 Å². The van der Waals surface area contributed by atoms with Crippen molar-refractivity contribution in [3.63, 3.8) is 0 Å². The van der Waals surface area contributed by atoms with E-state index in [1.54, 1.807) is 36.4 Å². The van der Waals surface area contributed by atoms with E-state index in [9.17, 15) is 18.4 Å². The van der Waals surface area contributed by atoms with E-state index in [0.717, 1.165) is 49.6 Å². The molecule has 1 aliphatic carbocycles. The quantitative estimate of drug-likeness (QED) is 0.288. The van der Waals surface area contributed by atoms with Crippen LogP contribution in [0.1, 0.15) is 47.8 Å². The topological polar surface area (TPSA) is 124 Å². The minimum Gasteiger partial charge on any atom is -0.457 e. The lowest BCUT2D eigenvalue weighted by Crippen LogP contribution is -2.21. The third-order valence-electron chi connectivity index (χ3n) is 6.17. The van der Waals surface area contributed by atoms with Gasteiger partial charge in [-0.3, -0.25) is 15.1 Å². The molecule has 1 saturated carbocycles. The van der Waals surface area contributed by atoms with E-state index in [1.165, 1.54) is 16.9 Å². The Morgan fingerprint density at radius 3 is 2.32 bits per heavy atom. The van der Waals surface area contributed by atoms with Crippen molar-refractivity contribution in [3.05, 3.63) is 89.9 Å². The number of nitrogens with two attached hydrogens (primary N) is 1. The molecule has 1 aliphatic rings. The van der Waals surface area contributed by atoms with Gasteiger partial charge >= 0.3 is 6.03 Å². The van der Waals surface area contributed by atoms with Crippen LogP contribution in [0, 0.1) is 11.6 Å². The lowest BCUT2D eigenvalue weighted by molar-refractivity contribution is 0.0995. The highest BCUT2D eigenvalue weighted by Gasteiger charge is 2.23. The number of ether oxygens (including phenoxy) is 1. The number of hydrogen-bond donors (Lipinski definition) is 3. The number of nitrogens with zero attached hydrogens (tertiary/aromatic N) is 3. The summed E-state index contributed by atoms with van der Waals surface area (Å²) >= 11 is 0. The second kappa shape index (κ2) is 10.7. The zero-order valence-electron chi connectivity index (χ0n) is 20.2. The Hall–Kier alpha value is -4.80. The molecule has 0 unspecified atom stereocenters. The van der Waals surface area contributed by atoms with E-state index >= 15 is 0 Å². The molecule has 4 N–H and O–H groups in total. The summed E-state index contributed by atoms with van der Waals surface area (Å²) in [7, 11) is 0. The smallest absolute Gasteiger partial charge is 0.324 e. The van der Waals surface area contributed by atoms with Crippen LogP contribution in [0.15, 0.2) is 66.9 Å². The highest BCUT2D eigenvalue weighted by molar-refractivity contribution is 5.99. The summed E-state index contributed by atoms with van der Waals surface area (Å²) in [6.45, 7) is 0. The fourth-order valence-corrected chi connectivity index (χ4v) is 4.40. The second-order valence-electron chi connectivity index (χ2n) is 8.92. The van der Waals surface area contributed by atoms with Crippen molar-refractivity contribution in [3.8, 4) is 17.2 Å². The molecule has 38 heavy (non-hydrogen) atoms. The van der Waals surface area contributed by atoms with Crippen LogP contribution in [0.2, 0.25) is 0 Å². The maximum atomic E-state index is 13.9. The molecule has 194 valence electrons. The van der Waals surface area contributed by atoms with Gasteiger partial charge in [-0.05, 0) is 55.3 Å². The first-order valence-electron chi connectivity index (χ1n) is 12.0. The zero-order chi connectivity index (χ0) is 26.6. The molecule has 0 spiro atoms. The number of rotatable bonds is 7. The number of carbonyl (C=O) groups excluding carboxylic acids is 2. The molecule has 0 atom stereocenters. The molecule has 4 aromatic rings. The van der Waals surface area contributed by atoms with Crippen molar-refractivity contribution >= 4 is 23.4 Å². The Morgan fingerprint density at radius 1 is 0.921 bits per heavy atom. The monoisotopic (exact) mass is 518 g/mol. The highest BCUT2D eigenvalue weighted by atomic mass is 19.1. The van der Waals surface area contributed by atoms with Crippen molar-refractivity contribution < 1.29 is 23.1 Å². The highest BCUT2D eigenvalue weighted by Crippen LogP contribution is 2.35. The normalized spacial score (nSPS) is 13.3. The van der Waals surface area contributed by atoms with Gasteiger partial charge in [-0.15, -0.1) is 0 Å². The minimum absolute atomic E-state index is 0.0776. The summed E-state index contributed by atoms with van der Waals surface area (Å²) in [5.74, 6) is -0.790. The molecular formula is C27H24F2N6O3. The van der Waals surface area contributed by atoms with Crippen LogP contribution in [0.5, 0.6) is 11.5 Å². The van der Waals surface area contributed by atoms with Crippen molar-refractivity contribution in [2.75, 3.05) is 10.6 Å². The molecule has 0 saturated heterocycles. The van der Waals surface area contributed by atoms with Gasteiger partial charge in [-0.1, -0.05) is 12.8 Å². The predicted octanol–water partition coefficient (Wildman–Crippen LogP) is 5.74. The number of urea groups is 1. The van der Waals surface area contributed by atoms with Crippen LogP contribution < -0.4 is 21.1 Å². The lowest BCUT2D eigenvalue weighted by atomic mass is 10.0. The van der Waals surface area contributed by atoms with Crippen molar-refractivity contribution in [2.45, 2.75) is 31.6 Å². The Kier molecular flexibility index (Phi) is 6.98. The first-order valence-corrected chi connectivity index (χ1v) is 12.0. The Morgan fingerprint density at radius 2 is 1.63 bits per heavy atom. The SMILES string of the molecule is NC(=O)c1cc(Oc2ccc(NC(=O)Nc3cc(C4CCCC4)nn3-c3cc(F)cc(F)c3)cc2)ccn1. The summed E-state index contributed by atoms with van der Waals surface area (Å²) in [6, 6.07) is 13.8. The van der Waals surface area contributed by atoms with Gasteiger partial charge in [0.05, 0.1) is 11.4 Å². The Balaban J connectivity index is 1.30. The summed E-state index contributed by atoms with van der Waals surface area (Å²) in [5.41, 5.74) is 6.72. The molecule has 1 fully saturated rings. The maximum absolute atomic E-state index is 13.9. The van der Waals surface area contributed by atoms with Gasteiger partial charge in [0.1, 0.15) is 34.6 Å². The van der Waals surface area contributed by atoms with Gasteiger partial charge < -0.3 is 15.8 Å². The molecule has 0 radical (unpaired) electrons. The average Bonchev–Trinajstić information content (AvgIpc) is 3.55. The molecule has 2 aromatic heterocycles. The summed E-state index contributed by atoms with van der Waals surface area (Å²) in [6.07, 6.45) is 5.53. The van der Waals surface area contributed by atoms with E-state index in [2.05, 4.69) is 20.7 Å². The van der Waals surface area contributed by atoms with E-state index < -0.39 is 23.6 Å². The van der Waals surface area contributed by atoms with Crippen molar-refractivity contribution in [2.24, 2.45) is 5.73 Å². The largest absolute Gasteiger partial charge is 0.457 e. The van der Waals surface area contributed by atoms with Gasteiger partial charge in [0.2, 0.25) is 0 Å². The van der Waals surface area contributed by atoms with Gasteiger partial charge in [0.15, 0.2) is 0 Å². The molecule has 0 bridgehead atoms. The van der Waals surface area contributed by atoms with Gasteiger partial charge in [0.25, 0.3) is 5.91 Å². The molecular weight excluding hydrogens is 494 g/mol. The van der Waals surface area contributed by atoms with Gasteiger partial charge in [-0.25, -0.2) is 18.3 Å². The molecule has 2 aromatic carbocycles. The second-order valence-corrected chi connectivity index (χ2v) is 8.92. The van der Waals surface area contributed by atoms with Crippen LogP contribution in [-0.2, 0) is 0 Å². The fraction of sp³-hybridized carbons (Fsp3) is 0.185. The third-order valence-corrected chi connectivity index (χ3v) is 6.17. The van der Waals surface area contributed by atoms with Crippen LogP contribution >= 0.6 is 0 Å². The number of halogens is 2. The Bertz CT molecular complexity index is 1460. The predicted molar refractivity (Wildman–Crippen MR) is 137 cm³/mol. The number of pyridine rings is 1. The van der Waals surface area contributed by atoms with Crippen molar-refractivity contribution in [1.82, 2.24) is 14.8 Å². The number of nitrogens with one attached hydrogen (secondary N) is 2. The number of primary amides is 1. The van der Waals surface area contributed by atoms with Crippen molar-refractivity contribution in [1.29, 1.82) is 0 Å². The standard InChI is InChI=1S/C27H24F2N6O3/c28-17-11-18(29)13-20(12-17)35-25(15-23(34-35)16-3-1-2-4-16)33-27(37)32-19-5-7-21(8-6-19)38-22-9-10-31-24(14-22)26(30)36/h5-16H,1-4H2,(H2,30,36)(H2,32,33,37). The fourth-order valence-electron chi connectivity index (χ4n) is 4.40. The summed E-state index contributed by atoms with van der Waals surface area (Å²) < 4.78 is 34.9. The first-order chi connectivity index (χ1) is 18.3. The molecule has 3 amide bonds. The summed E-state index contributed by atoms with van der Waals surface area (Å²) in [5, 5.41) is 10.0. The average molecular weight is 519 g/mol. The number of aromatic nitrogens is 3. The molecule has 0 aliphatic heterocycles. The van der Waals surface area contributed by atoms with Crippen LogP contribution in [0.3, 0.4) is 0 Å². The van der Waals surface area contributed by atoms with Crippen LogP contribution in [-0.4, -0.2) is 26.7 Å². The zero-order valence-corrected chi connectivity index (χ0v) is 20.2. The molecule has 9 nitrogen and oxygen atoms in total. The van der Waals surface area contributed by atoms with Crippen LogP contribution in [0.4, 0.5) is 25.1 Å². The number of amides is 3. The van der Waals surface area contributed by atoms with Crippen LogP contribution in [0.25, 0.3) is 5.69 Å². The van der Waals surface area contributed by atoms with E-state index in [0.29, 0.717) is 17.2 Å². The Labute approximate surface area is 216 Å². The van der Waals surface area contributed by atoms with E-state index in [-0.39, 0.29) is 23.1 Å². The number of anilines is 2. The number of hydrogen-bond acceptors (Lipinski definition) is 5. The number of benzene rings is 2. The minimum atomic E-state index is -0.742. The molecule has 11 heteroatoms.